The molecule has 0 radical (unpaired) electrons. The third-order valence-corrected chi connectivity index (χ3v) is 2.40. The fourth-order valence-electron chi connectivity index (χ4n) is 1.40. The van der Waals surface area contributed by atoms with Crippen LogP contribution in [0.1, 0.15) is 5.56 Å². The molecule has 0 aliphatic carbocycles. The molecular formula is C12H13ClNO+. The van der Waals surface area contributed by atoms with Gasteiger partial charge >= 0.3 is 0 Å². The van der Waals surface area contributed by atoms with Crippen LogP contribution in [-0.4, -0.2) is 6.54 Å². The number of hydrogen-bond acceptors (Lipinski definition) is 1. The number of allylic oxidation sites excluding steroid dienone is 2. The van der Waals surface area contributed by atoms with Gasteiger partial charge in [-0.15, -0.1) is 0 Å². The van der Waals surface area contributed by atoms with Crippen molar-refractivity contribution in [2.24, 2.45) is 0 Å². The van der Waals surface area contributed by atoms with Gasteiger partial charge in [0.1, 0.15) is 19.4 Å². The second-order valence-electron chi connectivity index (χ2n) is 3.38. The predicted molar refractivity (Wildman–Crippen MR) is 60.0 cm³/mol. The Morgan fingerprint density at radius 2 is 2.07 bits per heavy atom. The van der Waals surface area contributed by atoms with E-state index in [0.29, 0.717) is 6.61 Å². The zero-order valence-electron chi connectivity index (χ0n) is 8.32. The summed E-state index contributed by atoms with van der Waals surface area (Å²) in [4.78, 5) is 0. The van der Waals surface area contributed by atoms with Crippen molar-refractivity contribution in [3.63, 3.8) is 0 Å². The van der Waals surface area contributed by atoms with E-state index in [1.807, 2.05) is 47.9 Å². The molecule has 1 aromatic carbocycles. The summed E-state index contributed by atoms with van der Waals surface area (Å²) in [5.41, 5.74) is 1.17. The molecule has 15 heavy (non-hydrogen) atoms. The van der Waals surface area contributed by atoms with Crippen molar-refractivity contribution in [2.45, 2.75) is 6.61 Å². The first kappa shape index (κ1) is 10.3. The molecule has 0 fully saturated rings. The lowest BCUT2D eigenvalue weighted by Gasteiger charge is -2.11. The van der Waals surface area contributed by atoms with E-state index in [-0.39, 0.29) is 0 Å². The average molecular weight is 223 g/mol. The van der Waals surface area contributed by atoms with Gasteiger partial charge in [0, 0.05) is 6.08 Å². The highest BCUT2D eigenvalue weighted by Crippen LogP contribution is 2.10. The molecular weight excluding hydrogens is 210 g/mol. The largest absolute Gasteiger partial charge is 0.487 e. The molecule has 0 bridgehead atoms. The van der Waals surface area contributed by atoms with E-state index >= 15 is 0 Å². The molecule has 0 amide bonds. The van der Waals surface area contributed by atoms with Crippen LogP contribution < -0.4 is 5.32 Å². The van der Waals surface area contributed by atoms with Gasteiger partial charge in [-0.3, -0.25) is 0 Å². The molecule has 0 saturated heterocycles. The van der Waals surface area contributed by atoms with Crippen LogP contribution in [0.2, 0.25) is 0 Å². The minimum atomic E-state index is 0.602. The van der Waals surface area contributed by atoms with E-state index in [1.165, 1.54) is 5.56 Å². The molecule has 2 rings (SSSR count). The van der Waals surface area contributed by atoms with Crippen molar-refractivity contribution in [2.75, 3.05) is 6.54 Å². The molecule has 0 spiro atoms. The van der Waals surface area contributed by atoms with Crippen LogP contribution in [0, 0.1) is 0 Å². The summed E-state index contributed by atoms with van der Waals surface area (Å²) in [5, 5.41) is 2.73. The van der Waals surface area contributed by atoms with Gasteiger partial charge in [0.05, 0.1) is 5.03 Å². The van der Waals surface area contributed by atoms with Crippen molar-refractivity contribution in [1.29, 1.82) is 0 Å². The van der Waals surface area contributed by atoms with Gasteiger partial charge in [-0.1, -0.05) is 41.9 Å². The number of ether oxygens (including phenoxy) is 1. The van der Waals surface area contributed by atoms with Crippen molar-refractivity contribution in [1.82, 2.24) is 0 Å². The van der Waals surface area contributed by atoms with Gasteiger partial charge < -0.3 is 10.1 Å². The van der Waals surface area contributed by atoms with Crippen molar-refractivity contribution < 1.29 is 10.1 Å². The van der Waals surface area contributed by atoms with Crippen molar-refractivity contribution in [3.8, 4) is 0 Å². The summed E-state index contributed by atoms with van der Waals surface area (Å²) in [6.45, 7) is 1.42. The van der Waals surface area contributed by atoms with Gasteiger partial charge in [0.15, 0.2) is 5.76 Å². The minimum Gasteiger partial charge on any atom is -0.487 e. The summed E-state index contributed by atoms with van der Waals surface area (Å²) in [6.07, 6.45) is 3.75. The van der Waals surface area contributed by atoms with Crippen LogP contribution in [0.15, 0.2) is 53.4 Å². The van der Waals surface area contributed by atoms with Crippen LogP contribution in [-0.2, 0) is 11.3 Å². The smallest absolute Gasteiger partial charge is 0.153 e. The highest BCUT2D eigenvalue weighted by Gasteiger charge is 2.07. The molecule has 1 aromatic rings. The Bertz CT molecular complexity index is 384. The number of nitrogens with two attached hydrogens (primary N) is 1. The SMILES string of the molecule is ClC1=C[NH2+]CC(OCc2ccccc2)=C1. The van der Waals surface area contributed by atoms with Crippen LogP contribution in [0.25, 0.3) is 0 Å². The van der Waals surface area contributed by atoms with Crippen LogP contribution in [0.3, 0.4) is 0 Å². The van der Waals surface area contributed by atoms with E-state index < -0.39 is 0 Å². The van der Waals surface area contributed by atoms with Crippen LogP contribution in [0.5, 0.6) is 0 Å². The monoisotopic (exact) mass is 222 g/mol. The fraction of sp³-hybridized carbons (Fsp3) is 0.167. The Balaban J connectivity index is 1.91. The molecule has 2 nitrogen and oxygen atoms in total. The lowest BCUT2D eigenvalue weighted by Crippen LogP contribution is -2.79. The van der Waals surface area contributed by atoms with Gasteiger partial charge in [-0.25, -0.2) is 0 Å². The first-order valence-electron chi connectivity index (χ1n) is 4.91. The molecule has 0 aromatic heterocycles. The minimum absolute atomic E-state index is 0.602. The summed E-state index contributed by atoms with van der Waals surface area (Å²) in [7, 11) is 0. The van der Waals surface area contributed by atoms with E-state index in [2.05, 4.69) is 0 Å². The molecule has 1 heterocycles. The maximum absolute atomic E-state index is 5.87. The third kappa shape index (κ3) is 3.11. The lowest BCUT2D eigenvalue weighted by atomic mass is 10.2. The Labute approximate surface area is 94.2 Å². The Morgan fingerprint density at radius 1 is 1.27 bits per heavy atom. The maximum Gasteiger partial charge on any atom is 0.153 e. The number of benzene rings is 1. The lowest BCUT2D eigenvalue weighted by molar-refractivity contribution is -0.584. The summed E-state index contributed by atoms with van der Waals surface area (Å²) >= 11 is 5.87. The number of rotatable bonds is 3. The van der Waals surface area contributed by atoms with E-state index in [1.54, 1.807) is 0 Å². The highest BCUT2D eigenvalue weighted by atomic mass is 35.5. The second kappa shape index (κ2) is 5.01. The zero-order valence-corrected chi connectivity index (χ0v) is 9.08. The van der Waals surface area contributed by atoms with Crippen LogP contribution >= 0.6 is 11.6 Å². The van der Waals surface area contributed by atoms with E-state index in [9.17, 15) is 0 Å². The van der Waals surface area contributed by atoms with Gasteiger partial charge in [-0.2, -0.15) is 0 Å². The first-order valence-corrected chi connectivity index (χ1v) is 5.29. The van der Waals surface area contributed by atoms with E-state index in [4.69, 9.17) is 16.3 Å². The standard InChI is InChI=1S/C12H12ClNO/c13-11-6-12(8-14-7-11)15-9-10-4-2-1-3-5-10/h1-7,14H,8-9H2/p+1. The molecule has 78 valence electrons. The highest BCUT2D eigenvalue weighted by molar-refractivity contribution is 6.31. The maximum atomic E-state index is 5.87. The van der Waals surface area contributed by atoms with Gasteiger partial charge in [0.2, 0.25) is 0 Å². The molecule has 1 aliphatic rings. The summed E-state index contributed by atoms with van der Waals surface area (Å²) in [5.74, 6) is 0.923. The van der Waals surface area contributed by atoms with Crippen LogP contribution in [0.4, 0.5) is 0 Å². The number of halogens is 1. The van der Waals surface area contributed by atoms with Crippen molar-refractivity contribution >= 4 is 11.6 Å². The third-order valence-electron chi connectivity index (χ3n) is 2.16. The quantitative estimate of drug-likeness (QED) is 0.829. The number of quaternary nitrogens is 1. The normalized spacial score (nSPS) is 15.5. The second-order valence-corrected chi connectivity index (χ2v) is 3.81. The molecule has 1 aliphatic heterocycles. The van der Waals surface area contributed by atoms with E-state index in [0.717, 1.165) is 17.3 Å². The summed E-state index contributed by atoms with van der Waals surface area (Å²) in [6, 6.07) is 10.1. The first-order chi connectivity index (χ1) is 7.34. The average Bonchev–Trinajstić information content (AvgIpc) is 2.28. The zero-order chi connectivity index (χ0) is 10.5. The van der Waals surface area contributed by atoms with Gasteiger partial charge in [0.25, 0.3) is 0 Å². The van der Waals surface area contributed by atoms with Gasteiger partial charge in [-0.05, 0) is 5.56 Å². The molecule has 2 N–H and O–H groups in total. The Kier molecular flexibility index (Phi) is 3.43. The molecule has 0 atom stereocenters. The Morgan fingerprint density at radius 3 is 2.80 bits per heavy atom. The summed E-state index contributed by atoms with van der Waals surface area (Å²) < 4.78 is 5.64. The predicted octanol–water partition coefficient (Wildman–Crippen LogP) is 1.74. The van der Waals surface area contributed by atoms with Crippen molar-refractivity contribution in [3.05, 3.63) is 59.0 Å². The molecule has 3 heteroatoms. The topological polar surface area (TPSA) is 25.8 Å². The number of hydrogen-bond donors (Lipinski definition) is 1. The molecule has 0 saturated carbocycles. The Hall–Kier alpha value is -1.25. The molecule has 0 unspecified atom stereocenters. The fourth-order valence-corrected chi connectivity index (χ4v) is 1.61.